The van der Waals surface area contributed by atoms with E-state index < -0.39 is 43.5 Å². The van der Waals surface area contributed by atoms with Crippen molar-refractivity contribution in [2.24, 2.45) is 0 Å². The van der Waals surface area contributed by atoms with Crippen LogP contribution in [0.15, 0.2) is 23.1 Å². The van der Waals surface area contributed by atoms with E-state index in [2.05, 4.69) is 4.72 Å². The lowest BCUT2D eigenvalue weighted by atomic mass is 10.2. The zero-order chi connectivity index (χ0) is 15.8. The van der Waals surface area contributed by atoms with Crippen LogP contribution in [0.1, 0.15) is 5.56 Å². The molecule has 7 nitrogen and oxygen atoms in total. The molecule has 1 saturated heterocycles. The van der Waals surface area contributed by atoms with E-state index in [9.17, 15) is 21.9 Å². The van der Waals surface area contributed by atoms with E-state index in [4.69, 9.17) is 4.74 Å². The van der Waals surface area contributed by atoms with Crippen LogP contribution in [0.4, 0.5) is 0 Å². The number of methoxy groups -OCH3 is 1. The molecule has 2 rings (SSSR count). The topological polar surface area (TPSA) is 110 Å². The van der Waals surface area contributed by atoms with E-state index in [-0.39, 0.29) is 10.6 Å². The zero-order valence-electron chi connectivity index (χ0n) is 11.6. The smallest absolute Gasteiger partial charge is 0.244 e. The van der Waals surface area contributed by atoms with Gasteiger partial charge in [0.2, 0.25) is 10.0 Å². The Morgan fingerprint density at radius 1 is 1.33 bits per heavy atom. The van der Waals surface area contributed by atoms with E-state index in [1.54, 1.807) is 13.0 Å². The Bertz CT molecular complexity index is 741. The number of sulfonamides is 1. The highest BCUT2D eigenvalue weighted by molar-refractivity contribution is 7.92. The third-order valence-electron chi connectivity index (χ3n) is 3.24. The summed E-state index contributed by atoms with van der Waals surface area (Å²) < 4.78 is 54.9. The maximum absolute atomic E-state index is 12.4. The molecule has 1 aliphatic rings. The Balaban J connectivity index is 2.34. The van der Waals surface area contributed by atoms with Gasteiger partial charge in [-0.1, -0.05) is 6.07 Å². The maximum atomic E-state index is 12.4. The quantitative estimate of drug-likeness (QED) is 0.763. The van der Waals surface area contributed by atoms with Crippen LogP contribution in [0.3, 0.4) is 0 Å². The van der Waals surface area contributed by atoms with Gasteiger partial charge in [-0.25, -0.2) is 21.6 Å². The van der Waals surface area contributed by atoms with Crippen molar-refractivity contribution in [1.82, 2.24) is 4.72 Å². The second-order valence-electron chi connectivity index (χ2n) is 5.03. The van der Waals surface area contributed by atoms with Crippen molar-refractivity contribution in [3.8, 4) is 5.75 Å². The lowest BCUT2D eigenvalue weighted by Gasteiger charge is -2.17. The number of hydrogen-bond donors (Lipinski definition) is 2. The van der Waals surface area contributed by atoms with Crippen LogP contribution in [-0.2, 0) is 19.9 Å². The number of benzene rings is 1. The average Bonchev–Trinajstić information content (AvgIpc) is 2.61. The Hall–Kier alpha value is -1.16. The summed E-state index contributed by atoms with van der Waals surface area (Å²) in [5.74, 6) is -0.699. The van der Waals surface area contributed by atoms with Gasteiger partial charge < -0.3 is 9.84 Å². The largest absolute Gasteiger partial charge is 0.495 e. The highest BCUT2D eigenvalue weighted by atomic mass is 32.2. The molecule has 1 aromatic carbocycles. The monoisotopic (exact) mass is 335 g/mol. The van der Waals surface area contributed by atoms with Crippen molar-refractivity contribution >= 4 is 19.9 Å². The highest BCUT2D eigenvalue weighted by Gasteiger charge is 2.39. The summed E-state index contributed by atoms with van der Waals surface area (Å²) in [6, 6.07) is 3.60. The summed E-state index contributed by atoms with van der Waals surface area (Å²) in [5.41, 5.74) is 0.718. The van der Waals surface area contributed by atoms with Gasteiger partial charge in [0.25, 0.3) is 0 Å². The third-order valence-corrected chi connectivity index (χ3v) is 6.47. The minimum Gasteiger partial charge on any atom is -0.495 e. The fraction of sp³-hybridized carbons (Fsp3) is 0.500. The van der Waals surface area contributed by atoms with E-state index in [1.165, 1.54) is 19.2 Å². The van der Waals surface area contributed by atoms with E-state index in [1.807, 2.05) is 0 Å². The minimum atomic E-state index is -3.99. The van der Waals surface area contributed by atoms with E-state index in [0.717, 1.165) is 5.56 Å². The molecule has 2 N–H and O–H groups in total. The average molecular weight is 335 g/mol. The van der Waals surface area contributed by atoms with Crippen molar-refractivity contribution < 1.29 is 26.7 Å². The van der Waals surface area contributed by atoms with Gasteiger partial charge in [0, 0.05) is 0 Å². The molecule has 21 heavy (non-hydrogen) atoms. The van der Waals surface area contributed by atoms with Gasteiger partial charge in [-0.3, -0.25) is 0 Å². The first-order valence-corrected chi connectivity index (χ1v) is 9.50. The van der Waals surface area contributed by atoms with Crippen LogP contribution >= 0.6 is 0 Å². The molecule has 1 aliphatic heterocycles. The number of aliphatic hydroxyl groups excluding tert-OH is 1. The molecule has 0 saturated carbocycles. The fourth-order valence-electron chi connectivity index (χ4n) is 2.20. The second kappa shape index (κ2) is 5.56. The Morgan fingerprint density at radius 2 is 2.00 bits per heavy atom. The highest BCUT2D eigenvalue weighted by Crippen LogP contribution is 2.25. The molecule has 118 valence electrons. The van der Waals surface area contributed by atoms with Crippen LogP contribution in [0.2, 0.25) is 0 Å². The standard InChI is InChI=1S/C12H17NO6S2/c1-8-3-4-11(19-2)12(5-8)21(17,18)13-9-6-20(15,16)7-10(9)14/h3-5,9-10,13-14H,6-7H2,1-2H3/t9-,10+/m1/s1. The van der Waals surface area contributed by atoms with E-state index in [0.29, 0.717) is 0 Å². The molecule has 9 heteroatoms. The molecule has 1 aromatic rings. The molecule has 0 aliphatic carbocycles. The minimum absolute atomic E-state index is 0.0819. The van der Waals surface area contributed by atoms with Gasteiger partial charge >= 0.3 is 0 Å². The van der Waals surface area contributed by atoms with Gasteiger partial charge in [0.1, 0.15) is 10.6 Å². The zero-order valence-corrected chi connectivity index (χ0v) is 13.2. The SMILES string of the molecule is COc1ccc(C)cc1S(=O)(=O)N[C@@H]1CS(=O)(=O)C[C@@H]1O. The first kappa shape index (κ1) is 16.2. The summed E-state index contributed by atoms with van der Waals surface area (Å²) in [4.78, 5) is -0.0819. The van der Waals surface area contributed by atoms with Crippen LogP contribution < -0.4 is 9.46 Å². The molecule has 0 spiro atoms. The molecule has 0 aromatic heterocycles. The van der Waals surface area contributed by atoms with Gasteiger partial charge in [-0.15, -0.1) is 0 Å². The number of aliphatic hydroxyl groups is 1. The molecule has 0 bridgehead atoms. The van der Waals surface area contributed by atoms with Crippen LogP contribution in [-0.4, -0.2) is 52.7 Å². The van der Waals surface area contributed by atoms with Crippen molar-refractivity contribution in [3.63, 3.8) is 0 Å². The van der Waals surface area contributed by atoms with Gasteiger partial charge in [-0.2, -0.15) is 0 Å². The molecular weight excluding hydrogens is 318 g/mol. The molecule has 0 amide bonds. The van der Waals surface area contributed by atoms with Crippen molar-refractivity contribution in [2.75, 3.05) is 18.6 Å². The number of nitrogens with one attached hydrogen (secondary N) is 1. The summed E-state index contributed by atoms with van der Waals surface area (Å²) >= 11 is 0. The molecule has 1 fully saturated rings. The van der Waals surface area contributed by atoms with Gasteiger partial charge in [-0.05, 0) is 24.6 Å². The molecule has 1 heterocycles. The van der Waals surface area contributed by atoms with E-state index >= 15 is 0 Å². The molecule has 0 unspecified atom stereocenters. The number of aryl methyl sites for hydroxylation is 1. The Morgan fingerprint density at radius 3 is 2.52 bits per heavy atom. The summed E-state index contributed by atoms with van der Waals surface area (Å²) in [6.45, 7) is 1.73. The number of hydrogen-bond acceptors (Lipinski definition) is 6. The first-order chi connectivity index (χ1) is 9.64. The lowest BCUT2D eigenvalue weighted by molar-refractivity contribution is 0.176. The lowest BCUT2D eigenvalue weighted by Crippen LogP contribution is -2.42. The van der Waals surface area contributed by atoms with Gasteiger partial charge in [0.05, 0.1) is 30.8 Å². The summed E-state index contributed by atoms with van der Waals surface area (Å²) in [7, 11) is -6.08. The normalized spacial score (nSPS) is 24.9. The summed E-state index contributed by atoms with van der Waals surface area (Å²) in [5, 5.41) is 9.68. The first-order valence-electron chi connectivity index (χ1n) is 6.20. The third kappa shape index (κ3) is 3.54. The Labute approximate surface area is 123 Å². The van der Waals surface area contributed by atoms with Crippen LogP contribution in [0.5, 0.6) is 5.75 Å². The van der Waals surface area contributed by atoms with Gasteiger partial charge in [0.15, 0.2) is 9.84 Å². The van der Waals surface area contributed by atoms with Crippen LogP contribution in [0, 0.1) is 6.92 Å². The number of rotatable bonds is 4. The number of ether oxygens (including phenoxy) is 1. The molecule has 2 atom stereocenters. The fourth-order valence-corrected chi connectivity index (χ4v) is 5.57. The number of sulfone groups is 1. The van der Waals surface area contributed by atoms with Crippen molar-refractivity contribution in [2.45, 2.75) is 24.0 Å². The summed E-state index contributed by atoms with van der Waals surface area (Å²) in [6.07, 6.45) is -1.25. The predicted octanol–water partition coefficient (Wildman–Crippen LogP) is -0.560. The van der Waals surface area contributed by atoms with Crippen molar-refractivity contribution in [3.05, 3.63) is 23.8 Å². The Kier molecular flexibility index (Phi) is 4.29. The molecular formula is C12H17NO6S2. The predicted molar refractivity (Wildman–Crippen MR) is 76.5 cm³/mol. The van der Waals surface area contributed by atoms with Crippen molar-refractivity contribution in [1.29, 1.82) is 0 Å². The molecule has 0 radical (unpaired) electrons. The van der Waals surface area contributed by atoms with Crippen LogP contribution in [0.25, 0.3) is 0 Å². The maximum Gasteiger partial charge on any atom is 0.244 e. The second-order valence-corrected chi connectivity index (χ2v) is 8.86.